The lowest BCUT2D eigenvalue weighted by atomic mass is 9.77. The van der Waals surface area contributed by atoms with Crippen LogP contribution < -0.4 is 10.6 Å². The fraction of sp³-hybridized carbons (Fsp3) is 0.615. The Balaban J connectivity index is 1.92. The zero-order valence-corrected chi connectivity index (χ0v) is 12.4. The molecule has 2 heterocycles. The molecule has 0 saturated carbocycles. The number of carbonyl (C=O) groups is 2. The highest BCUT2D eigenvalue weighted by Crippen LogP contribution is 2.30. The van der Waals surface area contributed by atoms with Gasteiger partial charge >= 0.3 is 5.97 Å². The fourth-order valence-electron chi connectivity index (χ4n) is 2.41. The largest absolute Gasteiger partial charge is 0.476 e. The van der Waals surface area contributed by atoms with Gasteiger partial charge < -0.3 is 15.7 Å². The van der Waals surface area contributed by atoms with Crippen molar-refractivity contribution in [1.29, 1.82) is 0 Å². The summed E-state index contributed by atoms with van der Waals surface area (Å²) in [6, 6.07) is -0.213. The second kappa shape index (κ2) is 5.88. The first kappa shape index (κ1) is 14.9. The van der Waals surface area contributed by atoms with Crippen LogP contribution in [0.3, 0.4) is 0 Å². The molecule has 110 valence electrons. The number of hydrogen-bond donors (Lipinski definition) is 3. The van der Waals surface area contributed by atoms with Crippen molar-refractivity contribution < 1.29 is 14.7 Å². The molecular weight excluding hydrogens is 278 g/mol. The number of hydrogen-bond acceptors (Lipinski definition) is 5. The van der Waals surface area contributed by atoms with Gasteiger partial charge in [-0.05, 0) is 24.8 Å². The van der Waals surface area contributed by atoms with Crippen LogP contribution in [0.25, 0.3) is 0 Å². The molecule has 1 fully saturated rings. The van der Waals surface area contributed by atoms with E-state index < -0.39 is 5.97 Å². The molecule has 6 nitrogen and oxygen atoms in total. The molecule has 3 N–H and O–H groups in total. The first-order chi connectivity index (χ1) is 9.40. The van der Waals surface area contributed by atoms with Gasteiger partial charge in [0.05, 0.1) is 12.6 Å². The minimum absolute atomic E-state index is 0.0235. The highest BCUT2D eigenvalue weighted by atomic mass is 32.1. The van der Waals surface area contributed by atoms with Crippen LogP contribution in [0, 0.1) is 5.41 Å². The van der Waals surface area contributed by atoms with Gasteiger partial charge in [-0.3, -0.25) is 4.79 Å². The van der Waals surface area contributed by atoms with Gasteiger partial charge in [-0.1, -0.05) is 13.8 Å². The molecule has 0 bridgehead atoms. The average molecular weight is 297 g/mol. The predicted molar refractivity (Wildman–Crippen MR) is 75.7 cm³/mol. The number of aromatic carboxylic acids is 1. The van der Waals surface area contributed by atoms with Crippen LogP contribution >= 0.6 is 11.3 Å². The van der Waals surface area contributed by atoms with Crippen LogP contribution in [0.5, 0.6) is 0 Å². The number of carboxylic acids is 1. The normalized spacial score (nSPS) is 21.4. The van der Waals surface area contributed by atoms with Gasteiger partial charge in [0.1, 0.15) is 5.01 Å². The van der Waals surface area contributed by atoms with Crippen molar-refractivity contribution in [3.8, 4) is 0 Å². The maximum atomic E-state index is 12.2. The number of thiazole rings is 1. The van der Waals surface area contributed by atoms with Crippen molar-refractivity contribution in [2.75, 3.05) is 6.54 Å². The van der Waals surface area contributed by atoms with Gasteiger partial charge in [0, 0.05) is 5.38 Å². The summed E-state index contributed by atoms with van der Waals surface area (Å²) >= 11 is 1.24. The van der Waals surface area contributed by atoms with Crippen molar-refractivity contribution in [2.24, 2.45) is 5.41 Å². The van der Waals surface area contributed by atoms with Gasteiger partial charge in [-0.25, -0.2) is 9.78 Å². The highest BCUT2D eigenvalue weighted by molar-refractivity contribution is 7.09. The summed E-state index contributed by atoms with van der Waals surface area (Å²) < 4.78 is 0. The summed E-state index contributed by atoms with van der Waals surface area (Å²) in [4.78, 5) is 26.9. The number of aromatic nitrogens is 1. The van der Waals surface area contributed by atoms with E-state index in [1.54, 1.807) is 0 Å². The quantitative estimate of drug-likeness (QED) is 0.777. The third kappa shape index (κ3) is 3.34. The summed E-state index contributed by atoms with van der Waals surface area (Å²) in [7, 11) is 0. The molecule has 1 atom stereocenters. The van der Waals surface area contributed by atoms with Crippen molar-refractivity contribution in [3.63, 3.8) is 0 Å². The van der Waals surface area contributed by atoms with Crippen LogP contribution in [0.4, 0.5) is 0 Å². The van der Waals surface area contributed by atoms with Gasteiger partial charge in [0.2, 0.25) is 5.91 Å². The van der Waals surface area contributed by atoms with Gasteiger partial charge in [-0.2, -0.15) is 0 Å². The molecular formula is C13H19N3O3S. The van der Waals surface area contributed by atoms with Crippen LogP contribution in [-0.4, -0.2) is 34.6 Å². The Morgan fingerprint density at radius 3 is 2.95 bits per heavy atom. The lowest BCUT2D eigenvalue weighted by Crippen LogP contribution is -2.55. The van der Waals surface area contributed by atoms with Crippen LogP contribution in [0.15, 0.2) is 5.38 Å². The lowest BCUT2D eigenvalue weighted by molar-refractivity contribution is -0.126. The minimum Gasteiger partial charge on any atom is -0.476 e. The third-order valence-corrected chi connectivity index (χ3v) is 4.42. The second-order valence-electron chi connectivity index (χ2n) is 5.63. The number of piperidine rings is 1. The zero-order valence-electron chi connectivity index (χ0n) is 11.6. The van der Waals surface area contributed by atoms with Crippen molar-refractivity contribution >= 4 is 23.2 Å². The molecule has 2 rings (SSSR count). The van der Waals surface area contributed by atoms with E-state index in [1.165, 1.54) is 16.7 Å². The molecule has 1 amide bonds. The maximum absolute atomic E-state index is 12.2. The number of carbonyl (C=O) groups excluding carboxylic acids is 1. The molecule has 1 aromatic rings. The average Bonchev–Trinajstić information content (AvgIpc) is 2.84. The number of nitrogens with zero attached hydrogens (tertiary/aromatic N) is 1. The van der Waals surface area contributed by atoms with E-state index in [-0.39, 0.29) is 29.6 Å². The number of amides is 1. The van der Waals surface area contributed by atoms with Gasteiger partial charge in [-0.15, -0.1) is 11.3 Å². The third-order valence-electron chi connectivity index (χ3n) is 3.57. The molecule has 0 aliphatic carbocycles. The van der Waals surface area contributed by atoms with E-state index in [4.69, 9.17) is 5.11 Å². The standard InChI is InChI=1S/C13H19N3O3S/c1-13(2)4-3-5-14-10(13)11(17)15-6-9-16-8(7-20-9)12(18)19/h7,10,14H,3-6H2,1-2H3,(H,15,17)(H,18,19). The summed E-state index contributed by atoms with van der Waals surface area (Å²) in [6.07, 6.45) is 2.09. The van der Waals surface area contributed by atoms with Crippen LogP contribution in [-0.2, 0) is 11.3 Å². The number of rotatable bonds is 4. The predicted octanol–water partition coefficient (Wildman–Crippen LogP) is 1.24. The Bertz CT molecular complexity index is 513. The van der Waals surface area contributed by atoms with E-state index >= 15 is 0 Å². The zero-order chi connectivity index (χ0) is 14.8. The molecule has 0 radical (unpaired) electrons. The Morgan fingerprint density at radius 2 is 2.35 bits per heavy atom. The smallest absolute Gasteiger partial charge is 0.355 e. The van der Waals surface area contributed by atoms with Crippen LogP contribution in [0.1, 0.15) is 42.2 Å². The van der Waals surface area contributed by atoms with Crippen molar-refractivity contribution in [2.45, 2.75) is 39.3 Å². The topological polar surface area (TPSA) is 91.3 Å². The van der Waals surface area contributed by atoms with Gasteiger partial charge in [0.15, 0.2) is 5.69 Å². The Kier molecular flexibility index (Phi) is 4.39. The van der Waals surface area contributed by atoms with E-state index in [0.717, 1.165) is 19.4 Å². The Morgan fingerprint density at radius 1 is 1.60 bits per heavy atom. The number of nitrogens with one attached hydrogen (secondary N) is 2. The first-order valence-corrected chi connectivity index (χ1v) is 7.47. The second-order valence-corrected chi connectivity index (χ2v) is 6.57. The first-order valence-electron chi connectivity index (χ1n) is 6.59. The van der Waals surface area contributed by atoms with Gasteiger partial charge in [0.25, 0.3) is 0 Å². The lowest BCUT2D eigenvalue weighted by Gasteiger charge is -2.38. The molecule has 1 saturated heterocycles. The van der Waals surface area contributed by atoms with E-state index in [0.29, 0.717) is 5.01 Å². The maximum Gasteiger partial charge on any atom is 0.355 e. The Hall–Kier alpha value is -1.47. The SMILES string of the molecule is CC1(C)CCCNC1C(=O)NCc1nc(C(=O)O)cs1. The summed E-state index contributed by atoms with van der Waals surface area (Å²) in [5.74, 6) is -1.10. The molecule has 1 aliphatic heterocycles. The molecule has 0 spiro atoms. The molecule has 1 aromatic heterocycles. The van der Waals surface area contributed by atoms with E-state index in [1.807, 2.05) is 0 Å². The number of carboxylic acid groups (broad SMARTS) is 1. The molecule has 1 unspecified atom stereocenters. The highest BCUT2D eigenvalue weighted by Gasteiger charge is 2.36. The molecule has 20 heavy (non-hydrogen) atoms. The fourth-order valence-corrected chi connectivity index (χ4v) is 3.12. The minimum atomic E-state index is -1.05. The summed E-state index contributed by atoms with van der Waals surface area (Å²) in [5, 5.41) is 17.0. The summed E-state index contributed by atoms with van der Waals surface area (Å²) in [5.41, 5.74) is -0.0485. The van der Waals surface area contributed by atoms with Crippen LogP contribution in [0.2, 0.25) is 0 Å². The molecule has 7 heteroatoms. The van der Waals surface area contributed by atoms with E-state index in [9.17, 15) is 9.59 Å². The van der Waals surface area contributed by atoms with Crippen molar-refractivity contribution in [1.82, 2.24) is 15.6 Å². The molecule has 0 aromatic carbocycles. The Labute approximate surface area is 121 Å². The monoisotopic (exact) mass is 297 g/mol. The molecule has 1 aliphatic rings. The summed E-state index contributed by atoms with van der Waals surface area (Å²) in [6.45, 7) is 5.28. The van der Waals surface area contributed by atoms with Crippen molar-refractivity contribution in [3.05, 3.63) is 16.1 Å². The van der Waals surface area contributed by atoms with E-state index in [2.05, 4.69) is 29.5 Å².